The molecule has 2 aromatic rings. The predicted molar refractivity (Wildman–Crippen MR) is 120 cm³/mol. The first-order chi connectivity index (χ1) is 15.5. The lowest BCUT2D eigenvalue weighted by Gasteiger charge is -2.18. The van der Waals surface area contributed by atoms with E-state index in [4.69, 9.17) is 4.74 Å². The van der Waals surface area contributed by atoms with Crippen LogP contribution < -0.4 is 20.7 Å². The van der Waals surface area contributed by atoms with Crippen molar-refractivity contribution in [2.24, 2.45) is 11.8 Å². The number of nitro benzene ring substituents is 1. The maximum Gasteiger partial charge on any atom is 0.293 e. The van der Waals surface area contributed by atoms with Crippen LogP contribution in [-0.2, 0) is 6.54 Å². The molecule has 2 aromatic carbocycles. The van der Waals surface area contributed by atoms with E-state index in [0.29, 0.717) is 36.2 Å². The minimum atomic E-state index is -0.520. The lowest BCUT2D eigenvalue weighted by atomic mass is 10.1. The molecule has 0 aromatic heterocycles. The van der Waals surface area contributed by atoms with Crippen LogP contribution in [0.2, 0.25) is 0 Å². The Kier molecular flexibility index (Phi) is 6.43. The van der Waals surface area contributed by atoms with Crippen LogP contribution in [0.15, 0.2) is 30.3 Å². The molecule has 2 aliphatic rings. The van der Waals surface area contributed by atoms with Crippen molar-refractivity contribution in [2.75, 3.05) is 30.8 Å². The molecular weight excluding hydrogens is 415 g/mol. The van der Waals surface area contributed by atoms with E-state index in [1.807, 2.05) is 0 Å². The Hall–Kier alpha value is -3.36. The van der Waals surface area contributed by atoms with Gasteiger partial charge in [0.25, 0.3) is 11.6 Å². The minimum Gasteiger partial charge on any atom is -0.494 e. The normalized spacial score (nSPS) is 15.2. The summed E-state index contributed by atoms with van der Waals surface area (Å²) in [5.41, 5.74) is 1.42. The number of nitrogens with zero attached hydrogens (tertiary/aromatic N) is 1. The summed E-state index contributed by atoms with van der Waals surface area (Å²) in [6, 6.07) is 7.47. The zero-order valence-electron chi connectivity index (χ0n) is 17.9. The second kappa shape index (κ2) is 9.42. The third-order valence-electron chi connectivity index (χ3n) is 5.82. The van der Waals surface area contributed by atoms with Gasteiger partial charge in [-0.2, -0.15) is 0 Å². The molecule has 2 aliphatic carbocycles. The van der Waals surface area contributed by atoms with Gasteiger partial charge in [0.1, 0.15) is 5.69 Å². The highest BCUT2D eigenvalue weighted by Gasteiger charge is 2.29. The van der Waals surface area contributed by atoms with Gasteiger partial charge in [0.2, 0.25) is 0 Å². The number of amides is 1. The van der Waals surface area contributed by atoms with Crippen molar-refractivity contribution >= 4 is 23.0 Å². The minimum absolute atomic E-state index is 0.0760. The maximum absolute atomic E-state index is 14.0. The molecule has 32 heavy (non-hydrogen) atoms. The average molecular weight is 442 g/mol. The Morgan fingerprint density at radius 3 is 2.41 bits per heavy atom. The highest BCUT2D eigenvalue weighted by atomic mass is 19.1. The van der Waals surface area contributed by atoms with Crippen LogP contribution in [-0.4, -0.2) is 31.0 Å². The molecule has 0 atom stereocenters. The van der Waals surface area contributed by atoms with E-state index in [9.17, 15) is 19.3 Å². The number of benzene rings is 2. The van der Waals surface area contributed by atoms with Gasteiger partial charge in [-0.15, -0.1) is 0 Å². The number of rotatable bonds is 11. The second-order valence-electron chi connectivity index (χ2n) is 8.44. The van der Waals surface area contributed by atoms with Crippen molar-refractivity contribution < 1.29 is 18.8 Å². The van der Waals surface area contributed by atoms with E-state index < -0.39 is 16.6 Å². The third-order valence-corrected chi connectivity index (χ3v) is 5.82. The van der Waals surface area contributed by atoms with Crippen LogP contribution in [0.3, 0.4) is 0 Å². The number of nitrogens with one attached hydrogen (secondary N) is 3. The van der Waals surface area contributed by atoms with Crippen LogP contribution in [0.4, 0.5) is 21.5 Å². The fourth-order valence-corrected chi connectivity index (χ4v) is 3.54. The number of halogens is 1. The van der Waals surface area contributed by atoms with E-state index in [2.05, 4.69) is 16.0 Å². The molecule has 0 spiro atoms. The fourth-order valence-electron chi connectivity index (χ4n) is 3.54. The van der Waals surface area contributed by atoms with Crippen molar-refractivity contribution in [1.29, 1.82) is 0 Å². The summed E-state index contributed by atoms with van der Waals surface area (Å²) in [6.45, 7) is 1.37. The Bertz CT molecular complexity index is 1020. The Morgan fingerprint density at radius 1 is 1.12 bits per heavy atom. The molecule has 3 N–H and O–H groups in total. The average Bonchev–Trinajstić information content (AvgIpc) is 3.69. The molecule has 0 unspecified atom stereocenters. The number of methoxy groups -OCH3 is 1. The molecule has 0 radical (unpaired) electrons. The van der Waals surface area contributed by atoms with Crippen molar-refractivity contribution in [2.45, 2.75) is 32.2 Å². The van der Waals surface area contributed by atoms with E-state index in [0.717, 1.165) is 25.7 Å². The van der Waals surface area contributed by atoms with Gasteiger partial charge in [-0.25, -0.2) is 4.39 Å². The van der Waals surface area contributed by atoms with Crippen LogP contribution in [0, 0.1) is 27.8 Å². The van der Waals surface area contributed by atoms with E-state index in [-0.39, 0.29) is 29.2 Å². The molecular formula is C23H27FN4O4. The molecule has 0 saturated heterocycles. The molecule has 0 aliphatic heterocycles. The number of hydrogen-bond acceptors (Lipinski definition) is 6. The topological polar surface area (TPSA) is 106 Å². The Morgan fingerprint density at radius 2 is 1.81 bits per heavy atom. The summed E-state index contributed by atoms with van der Waals surface area (Å²) in [7, 11) is 1.38. The van der Waals surface area contributed by atoms with Gasteiger partial charge in [0, 0.05) is 31.4 Å². The summed E-state index contributed by atoms with van der Waals surface area (Å²) in [5, 5.41) is 20.9. The first-order valence-electron chi connectivity index (χ1n) is 10.9. The van der Waals surface area contributed by atoms with Crippen LogP contribution >= 0.6 is 0 Å². The van der Waals surface area contributed by atoms with E-state index in [1.165, 1.54) is 25.3 Å². The SMILES string of the molecule is COc1ccc(CNC(=O)c2c(NCC3CC3)ccc([N+](=O)[O-])c2NCC2CC2)cc1F. The van der Waals surface area contributed by atoms with E-state index >= 15 is 0 Å². The maximum atomic E-state index is 14.0. The molecule has 4 rings (SSSR count). The van der Waals surface area contributed by atoms with Gasteiger partial charge < -0.3 is 20.7 Å². The van der Waals surface area contributed by atoms with Crippen molar-refractivity contribution in [3.8, 4) is 5.75 Å². The number of hydrogen-bond donors (Lipinski definition) is 3. The van der Waals surface area contributed by atoms with Gasteiger partial charge in [-0.3, -0.25) is 14.9 Å². The van der Waals surface area contributed by atoms with Crippen LogP contribution in [0.25, 0.3) is 0 Å². The second-order valence-corrected chi connectivity index (χ2v) is 8.44. The number of carbonyl (C=O) groups excluding carboxylic acids is 1. The van der Waals surface area contributed by atoms with E-state index in [1.54, 1.807) is 12.1 Å². The summed E-state index contributed by atoms with van der Waals surface area (Å²) in [6.07, 6.45) is 4.42. The first kappa shape index (κ1) is 21.9. The number of anilines is 2. The monoisotopic (exact) mass is 442 g/mol. The predicted octanol–water partition coefficient (Wildman–Crippen LogP) is 4.32. The Labute approximate surface area is 185 Å². The molecule has 9 heteroatoms. The fraction of sp³-hybridized carbons (Fsp3) is 0.435. The molecule has 2 fully saturated rings. The Balaban J connectivity index is 1.59. The zero-order chi connectivity index (χ0) is 22.7. The third kappa shape index (κ3) is 5.27. The number of ether oxygens (including phenoxy) is 1. The van der Waals surface area contributed by atoms with Crippen molar-refractivity contribution in [1.82, 2.24) is 5.32 Å². The molecule has 1 amide bonds. The van der Waals surface area contributed by atoms with Gasteiger partial charge in [-0.1, -0.05) is 6.07 Å². The van der Waals surface area contributed by atoms with Gasteiger partial charge in [-0.05, 0) is 61.3 Å². The first-order valence-corrected chi connectivity index (χ1v) is 10.9. The number of carbonyl (C=O) groups is 1. The quantitative estimate of drug-likeness (QED) is 0.354. The van der Waals surface area contributed by atoms with Crippen molar-refractivity contribution in [3.05, 3.63) is 57.4 Å². The largest absolute Gasteiger partial charge is 0.494 e. The summed E-state index contributed by atoms with van der Waals surface area (Å²) in [5.74, 6) is 0.175. The van der Waals surface area contributed by atoms with Crippen molar-refractivity contribution in [3.63, 3.8) is 0 Å². The van der Waals surface area contributed by atoms with Gasteiger partial charge in [0.05, 0.1) is 17.6 Å². The molecule has 170 valence electrons. The van der Waals surface area contributed by atoms with Crippen LogP contribution in [0.5, 0.6) is 5.75 Å². The molecule has 0 heterocycles. The van der Waals surface area contributed by atoms with Gasteiger partial charge >= 0.3 is 0 Å². The summed E-state index contributed by atoms with van der Waals surface area (Å²) in [4.78, 5) is 24.4. The molecule has 8 nitrogen and oxygen atoms in total. The summed E-state index contributed by atoms with van der Waals surface area (Å²) < 4.78 is 18.9. The molecule has 0 bridgehead atoms. The zero-order valence-corrected chi connectivity index (χ0v) is 17.9. The lowest BCUT2D eigenvalue weighted by Crippen LogP contribution is -2.26. The smallest absolute Gasteiger partial charge is 0.293 e. The van der Waals surface area contributed by atoms with Crippen LogP contribution in [0.1, 0.15) is 41.6 Å². The highest BCUT2D eigenvalue weighted by Crippen LogP contribution is 2.37. The molecule has 2 saturated carbocycles. The summed E-state index contributed by atoms with van der Waals surface area (Å²) >= 11 is 0. The van der Waals surface area contributed by atoms with Gasteiger partial charge in [0.15, 0.2) is 11.6 Å². The number of nitro groups is 1. The highest BCUT2D eigenvalue weighted by molar-refractivity contribution is 6.07. The lowest BCUT2D eigenvalue weighted by molar-refractivity contribution is -0.384. The standard InChI is InChI=1S/C23H27FN4O4/c1-32-20-9-6-16(10-17(20)24)13-27-23(29)21-18(25-11-14-2-3-14)7-8-19(28(30)31)22(21)26-12-15-4-5-15/h6-10,14-15,25-26H,2-5,11-13H2,1H3,(H,27,29).